The number of aromatic nitrogens is 5. The fourth-order valence-electron chi connectivity index (χ4n) is 3.77. The molecule has 2 aromatic carbocycles. The molecule has 0 unspecified atom stereocenters. The topological polar surface area (TPSA) is 88.9 Å². The number of hydrogen-bond donors (Lipinski definition) is 0. The summed E-state index contributed by atoms with van der Waals surface area (Å²) >= 11 is 6.05. The zero-order valence-corrected chi connectivity index (χ0v) is 19.0. The summed E-state index contributed by atoms with van der Waals surface area (Å²) in [5, 5.41) is 18.5. The van der Waals surface area contributed by atoms with Gasteiger partial charge < -0.3 is 0 Å². The number of halogens is 4. The first-order chi connectivity index (χ1) is 17.2. The van der Waals surface area contributed by atoms with Crippen LogP contribution in [0.5, 0.6) is 0 Å². The summed E-state index contributed by atoms with van der Waals surface area (Å²) in [5.41, 5.74) is 2.24. The number of benzene rings is 2. The minimum atomic E-state index is -4.56. The van der Waals surface area contributed by atoms with Crippen LogP contribution < -0.4 is 5.69 Å². The maximum absolute atomic E-state index is 13.1. The highest BCUT2D eigenvalue weighted by molar-refractivity contribution is 6.30. The van der Waals surface area contributed by atoms with E-state index in [1.165, 1.54) is 12.3 Å². The maximum Gasteiger partial charge on any atom is 0.433 e. The molecule has 178 valence electrons. The van der Waals surface area contributed by atoms with Gasteiger partial charge in [-0.25, -0.2) is 9.48 Å². The molecule has 36 heavy (non-hydrogen) atoms. The molecule has 0 N–H and O–H groups in total. The number of hydrogen-bond acceptors (Lipinski definition) is 5. The number of nitriles is 1. The van der Waals surface area contributed by atoms with Crippen molar-refractivity contribution < 1.29 is 13.2 Å². The summed E-state index contributed by atoms with van der Waals surface area (Å²) in [4.78, 5) is 16.5. The van der Waals surface area contributed by atoms with E-state index in [2.05, 4.69) is 21.3 Å². The van der Waals surface area contributed by atoms with Crippen LogP contribution in [-0.4, -0.2) is 24.4 Å². The van der Waals surface area contributed by atoms with Crippen LogP contribution in [0.4, 0.5) is 13.2 Å². The number of fused-ring (bicyclic) bond motifs is 1. The van der Waals surface area contributed by atoms with Crippen LogP contribution in [0.3, 0.4) is 0 Å². The monoisotopic (exact) mass is 506 g/mol. The van der Waals surface area contributed by atoms with Gasteiger partial charge in [0.15, 0.2) is 5.65 Å². The third-order valence-corrected chi connectivity index (χ3v) is 5.77. The minimum absolute atomic E-state index is 0.101. The molecule has 7 nitrogen and oxygen atoms in total. The zero-order chi connectivity index (χ0) is 25.4. The molecule has 0 fully saturated rings. The van der Waals surface area contributed by atoms with Gasteiger partial charge in [-0.3, -0.25) is 4.98 Å². The van der Waals surface area contributed by atoms with Crippen molar-refractivity contribution in [2.45, 2.75) is 12.7 Å². The van der Waals surface area contributed by atoms with Crippen molar-refractivity contribution in [3.63, 3.8) is 0 Å². The standard InChI is InChI=1S/C25H14ClF3N6O/c26-19-8-6-17(7-9-19)20-13-32-35-23(22(20)18-4-1-15(11-30)2-5-18)33-34(24(35)36)14-16-3-10-21(31-12-16)25(27,28)29/h1-10,12-13H,14H2. The number of nitrogens with zero attached hydrogens (tertiary/aromatic N) is 6. The molecule has 3 heterocycles. The Bertz CT molecular complexity index is 1670. The van der Waals surface area contributed by atoms with Crippen molar-refractivity contribution in [3.8, 4) is 28.3 Å². The van der Waals surface area contributed by atoms with Crippen LogP contribution in [0.15, 0.2) is 77.9 Å². The quantitative estimate of drug-likeness (QED) is 0.334. The Morgan fingerprint density at radius 2 is 1.64 bits per heavy atom. The summed E-state index contributed by atoms with van der Waals surface area (Å²) in [6.45, 7) is -0.101. The van der Waals surface area contributed by atoms with Gasteiger partial charge in [-0.15, -0.1) is 5.10 Å². The van der Waals surface area contributed by atoms with Gasteiger partial charge in [-0.1, -0.05) is 41.9 Å². The lowest BCUT2D eigenvalue weighted by atomic mass is 9.96. The van der Waals surface area contributed by atoms with Gasteiger partial charge >= 0.3 is 11.9 Å². The third kappa shape index (κ3) is 4.32. The molecule has 0 aliphatic rings. The largest absolute Gasteiger partial charge is 0.433 e. The molecule has 0 radical (unpaired) electrons. The first-order valence-electron chi connectivity index (χ1n) is 10.5. The minimum Gasteiger partial charge on any atom is -0.251 e. The Balaban J connectivity index is 1.66. The number of rotatable bonds is 4. The molecular formula is C25H14ClF3N6O. The SMILES string of the molecule is N#Cc1ccc(-c2c(-c3ccc(Cl)cc3)cnn3c(=O)n(Cc4ccc(C(F)(F)F)nc4)nc23)cc1. The lowest BCUT2D eigenvalue weighted by Crippen LogP contribution is -2.23. The van der Waals surface area contributed by atoms with E-state index in [9.17, 15) is 18.0 Å². The van der Waals surface area contributed by atoms with Gasteiger partial charge in [0.05, 0.1) is 24.4 Å². The molecule has 0 amide bonds. The molecule has 5 aromatic rings. The fraction of sp³-hybridized carbons (Fsp3) is 0.0800. The molecule has 3 aromatic heterocycles. The Morgan fingerprint density at radius 3 is 2.25 bits per heavy atom. The van der Waals surface area contributed by atoms with Gasteiger partial charge in [0.1, 0.15) is 5.69 Å². The Hall–Kier alpha value is -4.49. The molecule has 5 rings (SSSR count). The van der Waals surface area contributed by atoms with Crippen molar-refractivity contribution in [1.82, 2.24) is 24.4 Å². The van der Waals surface area contributed by atoms with Crippen molar-refractivity contribution in [2.75, 3.05) is 0 Å². The molecular weight excluding hydrogens is 493 g/mol. The summed E-state index contributed by atoms with van der Waals surface area (Å²) < 4.78 is 40.8. The van der Waals surface area contributed by atoms with Gasteiger partial charge in [0, 0.05) is 22.3 Å². The molecule has 0 atom stereocenters. The predicted molar refractivity (Wildman–Crippen MR) is 126 cm³/mol. The second-order valence-corrected chi connectivity index (χ2v) is 8.29. The molecule has 0 saturated carbocycles. The number of alkyl halides is 3. The average molecular weight is 507 g/mol. The predicted octanol–water partition coefficient (Wildman–Crippen LogP) is 5.21. The normalized spacial score (nSPS) is 11.5. The third-order valence-electron chi connectivity index (χ3n) is 5.52. The Morgan fingerprint density at radius 1 is 0.944 bits per heavy atom. The highest BCUT2D eigenvalue weighted by Crippen LogP contribution is 2.34. The van der Waals surface area contributed by atoms with Gasteiger partial charge in [0.25, 0.3) is 0 Å². The van der Waals surface area contributed by atoms with Crippen molar-refractivity contribution >= 4 is 17.2 Å². The van der Waals surface area contributed by atoms with E-state index < -0.39 is 17.6 Å². The van der Waals surface area contributed by atoms with E-state index in [0.717, 1.165) is 27.0 Å². The zero-order valence-electron chi connectivity index (χ0n) is 18.2. The van der Waals surface area contributed by atoms with Crippen LogP contribution in [0.25, 0.3) is 27.9 Å². The number of pyridine rings is 1. The second-order valence-electron chi connectivity index (χ2n) is 7.85. The molecule has 0 bridgehead atoms. The van der Waals surface area contributed by atoms with E-state index in [4.69, 9.17) is 16.9 Å². The molecule has 0 saturated heterocycles. The van der Waals surface area contributed by atoms with Gasteiger partial charge in [0.2, 0.25) is 0 Å². The van der Waals surface area contributed by atoms with E-state index in [1.54, 1.807) is 36.4 Å². The van der Waals surface area contributed by atoms with E-state index in [0.29, 0.717) is 32.8 Å². The molecule has 0 aliphatic carbocycles. The van der Waals surface area contributed by atoms with Crippen LogP contribution in [0.1, 0.15) is 16.8 Å². The van der Waals surface area contributed by atoms with Crippen molar-refractivity contribution in [3.05, 3.63) is 105 Å². The first kappa shape index (κ1) is 23.3. The van der Waals surface area contributed by atoms with Gasteiger partial charge in [-0.05, 0) is 47.0 Å². The van der Waals surface area contributed by atoms with Crippen molar-refractivity contribution in [1.29, 1.82) is 5.26 Å². The first-order valence-corrected chi connectivity index (χ1v) is 10.9. The Labute approximate surface area is 206 Å². The lowest BCUT2D eigenvalue weighted by molar-refractivity contribution is -0.141. The van der Waals surface area contributed by atoms with Crippen LogP contribution >= 0.6 is 11.6 Å². The Kier molecular flexibility index (Phi) is 5.78. The summed E-state index contributed by atoms with van der Waals surface area (Å²) in [7, 11) is 0. The summed E-state index contributed by atoms with van der Waals surface area (Å²) in [6.07, 6.45) is -1.96. The van der Waals surface area contributed by atoms with Crippen LogP contribution in [0, 0.1) is 11.3 Å². The van der Waals surface area contributed by atoms with E-state index in [1.807, 2.05) is 12.1 Å². The summed E-state index contributed by atoms with van der Waals surface area (Å²) in [6, 6.07) is 18.1. The lowest BCUT2D eigenvalue weighted by Gasteiger charge is -2.11. The van der Waals surface area contributed by atoms with Crippen molar-refractivity contribution in [2.24, 2.45) is 0 Å². The highest BCUT2D eigenvalue weighted by atomic mass is 35.5. The smallest absolute Gasteiger partial charge is 0.251 e. The molecule has 0 spiro atoms. The maximum atomic E-state index is 13.1. The molecule has 11 heteroatoms. The van der Waals surface area contributed by atoms with Crippen LogP contribution in [-0.2, 0) is 12.7 Å². The fourth-order valence-corrected chi connectivity index (χ4v) is 3.89. The average Bonchev–Trinajstić information content (AvgIpc) is 3.19. The van der Waals surface area contributed by atoms with Gasteiger partial charge in [-0.2, -0.15) is 28.0 Å². The van der Waals surface area contributed by atoms with E-state index in [-0.39, 0.29) is 12.2 Å². The van der Waals surface area contributed by atoms with E-state index >= 15 is 0 Å². The second kappa shape index (κ2) is 8.94. The molecule has 0 aliphatic heterocycles. The van der Waals surface area contributed by atoms with Crippen LogP contribution in [0.2, 0.25) is 5.02 Å². The summed E-state index contributed by atoms with van der Waals surface area (Å²) in [5.74, 6) is 0. The highest BCUT2D eigenvalue weighted by Gasteiger charge is 2.32.